The molecule has 1 unspecified atom stereocenters. The van der Waals surface area contributed by atoms with E-state index in [0.29, 0.717) is 12.6 Å². The fourth-order valence-electron chi connectivity index (χ4n) is 2.09. The van der Waals surface area contributed by atoms with Gasteiger partial charge in [-0.2, -0.15) is 0 Å². The monoisotopic (exact) mass is 293 g/mol. The van der Waals surface area contributed by atoms with Gasteiger partial charge in [0.05, 0.1) is 12.6 Å². The smallest absolute Gasteiger partial charge is 0.210 e. The maximum Gasteiger partial charge on any atom is 0.210 e. The Hall–Kier alpha value is -1.79. The molecule has 0 radical (unpaired) electrons. The van der Waals surface area contributed by atoms with Crippen LogP contribution in [-0.2, 0) is 4.74 Å². The van der Waals surface area contributed by atoms with Crippen molar-refractivity contribution in [2.24, 2.45) is 10.8 Å². The standard InChI is InChI=1S/C15H27N5O/c1-5-20(6-2)14-9-7-13(8-10-14)18-15(19-16)17-12(3)11-21-4/h7-10,12H,5-6,11,16H2,1-4H3,(H2,17,18,19). The van der Waals surface area contributed by atoms with E-state index in [-0.39, 0.29) is 6.04 Å². The number of benzene rings is 1. The Morgan fingerprint density at radius 2 is 1.90 bits per heavy atom. The molecule has 0 fully saturated rings. The van der Waals surface area contributed by atoms with Gasteiger partial charge in [0.2, 0.25) is 5.96 Å². The van der Waals surface area contributed by atoms with E-state index in [9.17, 15) is 0 Å². The largest absolute Gasteiger partial charge is 0.382 e. The molecule has 0 saturated carbocycles. The molecule has 0 aromatic heterocycles. The minimum absolute atomic E-state index is 0.0310. The highest BCUT2D eigenvalue weighted by molar-refractivity contribution is 5.93. The number of hydrogen-bond donors (Lipinski definition) is 3. The summed E-state index contributed by atoms with van der Waals surface area (Å²) in [5.41, 5.74) is 4.72. The zero-order valence-corrected chi connectivity index (χ0v) is 13.4. The molecule has 1 rings (SSSR count). The highest BCUT2D eigenvalue weighted by atomic mass is 16.5. The molecular formula is C15H27N5O. The molecule has 21 heavy (non-hydrogen) atoms. The number of rotatable bonds is 7. The summed E-state index contributed by atoms with van der Waals surface area (Å²) in [4.78, 5) is 6.70. The van der Waals surface area contributed by atoms with Crippen LogP contribution < -0.4 is 21.5 Å². The number of ether oxygens (including phenoxy) is 1. The zero-order valence-electron chi connectivity index (χ0n) is 13.4. The minimum atomic E-state index is 0.0310. The van der Waals surface area contributed by atoms with Crippen LogP contribution in [0.1, 0.15) is 20.8 Å². The van der Waals surface area contributed by atoms with Crippen molar-refractivity contribution in [3.05, 3.63) is 24.3 Å². The summed E-state index contributed by atoms with van der Waals surface area (Å²) in [6, 6.07) is 8.23. The third kappa shape index (κ3) is 5.61. The Balaban J connectivity index is 2.73. The van der Waals surface area contributed by atoms with Crippen molar-refractivity contribution in [2.75, 3.05) is 37.0 Å². The van der Waals surface area contributed by atoms with E-state index in [4.69, 9.17) is 10.6 Å². The summed E-state index contributed by atoms with van der Waals surface area (Å²) in [7, 11) is 1.65. The SMILES string of the molecule is CCN(CC)c1ccc(NC(=NC(C)COC)NN)cc1. The fourth-order valence-corrected chi connectivity index (χ4v) is 2.09. The van der Waals surface area contributed by atoms with Gasteiger partial charge in [0.25, 0.3) is 0 Å². The second kappa shape index (κ2) is 9.20. The topological polar surface area (TPSA) is 74.9 Å². The van der Waals surface area contributed by atoms with Crippen molar-refractivity contribution in [1.82, 2.24) is 5.43 Å². The first-order valence-corrected chi connectivity index (χ1v) is 7.29. The average Bonchev–Trinajstić information content (AvgIpc) is 2.49. The molecule has 0 aliphatic rings. The molecule has 1 aromatic rings. The van der Waals surface area contributed by atoms with Crippen molar-refractivity contribution in [2.45, 2.75) is 26.8 Å². The number of guanidine groups is 1. The van der Waals surface area contributed by atoms with E-state index < -0.39 is 0 Å². The Kier molecular flexibility index (Phi) is 7.56. The van der Waals surface area contributed by atoms with Gasteiger partial charge in [-0.05, 0) is 45.0 Å². The minimum Gasteiger partial charge on any atom is -0.382 e. The van der Waals surface area contributed by atoms with Crippen molar-refractivity contribution in [1.29, 1.82) is 0 Å². The van der Waals surface area contributed by atoms with Crippen LogP contribution in [0, 0.1) is 0 Å². The van der Waals surface area contributed by atoms with E-state index in [1.54, 1.807) is 7.11 Å². The lowest BCUT2D eigenvalue weighted by Crippen LogP contribution is -2.37. The van der Waals surface area contributed by atoms with E-state index in [1.165, 1.54) is 5.69 Å². The van der Waals surface area contributed by atoms with E-state index in [0.717, 1.165) is 18.8 Å². The molecular weight excluding hydrogens is 266 g/mol. The molecule has 0 spiro atoms. The van der Waals surface area contributed by atoms with Crippen LogP contribution in [0.4, 0.5) is 11.4 Å². The second-order valence-corrected chi connectivity index (χ2v) is 4.77. The van der Waals surface area contributed by atoms with Gasteiger partial charge in [0.1, 0.15) is 0 Å². The number of hydrazine groups is 1. The highest BCUT2D eigenvalue weighted by Crippen LogP contribution is 2.17. The molecule has 6 nitrogen and oxygen atoms in total. The first kappa shape index (κ1) is 17.3. The normalized spacial score (nSPS) is 12.9. The number of hydrogen-bond acceptors (Lipinski definition) is 4. The summed E-state index contributed by atoms with van der Waals surface area (Å²) in [6.07, 6.45) is 0. The van der Waals surface area contributed by atoms with Gasteiger partial charge in [0.15, 0.2) is 0 Å². The highest BCUT2D eigenvalue weighted by Gasteiger charge is 2.04. The van der Waals surface area contributed by atoms with Gasteiger partial charge in [-0.25, -0.2) is 10.8 Å². The second-order valence-electron chi connectivity index (χ2n) is 4.77. The summed E-state index contributed by atoms with van der Waals surface area (Å²) < 4.78 is 5.06. The van der Waals surface area contributed by atoms with Gasteiger partial charge in [0, 0.05) is 31.6 Å². The van der Waals surface area contributed by atoms with Crippen LogP contribution in [-0.4, -0.2) is 38.8 Å². The number of aliphatic imine (C=N–C) groups is 1. The molecule has 1 atom stereocenters. The molecule has 0 aliphatic heterocycles. The van der Waals surface area contributed by atoms with Crippen LogP contribution in [0.25, 0.3) is 0 Å². The molecule has 0 bridgehead atoms. The number of methoxy groups -OCH3 is 1. The van der Waals surface area contributed by atoms with Crippen LogP contribution >= 0.6 is 0 Å². The zero-order chi connectivity index (χ0) is 15.7. The van der Waals surface area contributed by atoms with Crippen molar-refractivity contribution >= 4 is 17.3 Å². The van der Waals surface area contributed by atoms with Gasteiger partial charge in [-0.3, -0.25) is 5.43 Å². The molecule has 0 saturated heterocycles. The number of nitrogens with two attached hydrogens (primary N) is 1. The van der Waals surface area contributed by atoms with Crippen LogP contribution in [0.3, 0.4) is 0 Å². The first-order chi connectivity index (χ1) is 10.1. The van der Waals surface area contributed by atoms with Gasteiger partial charge < -0.3 is 15.0 Å². The van der Waals surface area contributed by atoms with E-state index >= 15 is 0 Å². The predicted molar refractivity (Wildman–Crippen MR) is 89.7 cm³/mol. The van der Waals surface area contributed by atoms with E-state index in [1.807, 2.05) is 19.1 Å². The molecule has 118 valence electrons. The number of nitrogens with one attached hydrogen (secondary N) is 2. The lowest BCUT2D eigenvalue weighted by Gasteiger charge is -2.21. The van der Waals surface area contributed by atoms with E-state index in [2.05, 4.69) is 46.6 Å². The molecule has 4 N–H and O–H groups in total. The number of nitrogens with zero attached hydrogens (tertiary/aromatic N) is 2. The molecule has 0 heterocycles. The average molecular weight is 293 g/mol. The maximum absolute atomic E-state index is 5.49. The maximum atomic E-state index is 5.49. The summed E-state index contributed by atoms with van der Waals surface area (Å²) in [5, 5.41) is 3.16. The number of anilines is 2. The van der Waals surface area contributed by atoms with Crippen LogP contribution in [0.15, 0.2) is 29.3 Å². The third-order valence-electron chi connectivity index (χ3n) is 3.15. The Bertz CT molecular complexity index is 428. The molecule has 6 heteroatoms. The molecule has 1 aromatic carbocycles. The van der Waals surface area contributed by atoms with Crippen molar-refractivity contribution in [3.63, 3.8) is 0 Å². The summed E-state index contributed by atoms with van der Waals surface area (Å²) in [6.45, 7) is 8.80. The molecule has 0 aliphatic carbocycles. The van der Waals surface area contributed by atoms with Gasteiger partial charge in [-0.15, -0.1) is 0 Å². The molecule has 0 amide bonds. The first-order valence-electron chi connectivity index (χ1n) is 7.29. The predicted octanol–water partition coefficient (Wildman–Crippen LogP) is 1.80. The quantitative estimate of drug-likeness (QED) is 0.309. The van der Waals surface area contributed by atoms with Crippen molar-refractivity contribution in [3.8, 4) is 0 Å². The summed E-state index contributed by atoms with van der Waals surface area (Å²) >= 11 is 0. The summed E-state index contributed by atoms with van der Waals surface area (Å²) in [5.74, 6) is 6.02. The Labute approximate surface area is 127 Å². The van der Waals surface area contributed by atoms with Crippen LogP contribution in [0.2, 0.25) is 0 Å². The lowest BCUT2D eigenvalue weighted by atomic mass is 10.2. The fraction of sp³-hybridized carbons (Fsp3) is 0.533. The Morgan fingerprint density at radius 1 is 1.29 bits per heavy atom. The third-order valence-corrected chi connectivity index (χ3v) is 3.15. The lowest BCUT2D eigenvalue weighted by molar-refractivity contribution is 0.185. The van der Waals surface area contributed by atoms with Gasteiger partial charge >= 0.3 is 0 Å². The van der Waals surface area contributed by atoms with Crippen LogP contribution in [0.5, 0.6) is 0 Å². The Morgan fingerprint density at radius 3 is 2.38 bits per heavy atom. The van der Waals surface area contributed by atoms with Crippen molar-refractivity contribution < 1.29 is 4.74 Å². The van der Waals surface area contributed by atoms with Gasteiger partial charge in [-0.1, -0.05) is 0 Å².